The number of hydrogen-bond donors (Lipinski definition) is 3. The number of amides is 2. The van der Waals surface area contributed by atoms with Crippen molar-refractivity contribution in [1.82, 2.24) is 20.1 Å². The highest BCUT2D eigenvalue weighted by Gasteiger charge is 2.31. The molecule has 5 rings (SSSR count). The highest BCUT2D eigenvalue weighted by Crippen LogP contribution is 2.39. The molecule has 162 valence electrons. The fraction of sp³-hybridized carbons (Fsp3) is 0.381. The van der Waals surface area contributed by atoms with Crippen LogP contribution >= 0.6 is 0 Å². The number of nitrogens with one attached hydrogen (secondary N) is 2. The first-order valence-corrected chi connectivity index (χ1v) is 10.3. The SMILES string of the molecule is O=C(Nc1cnc2[nH]nc(N3CCC[C@@H]3c3cc(F)ccc3F)c2c1)N1CC[C@H](O)C1. The molecule has 2 amide bonds. The third-order valence-electron chi connectivity index (χ3n) is 5.94. The highest BCUT2D eigenvalue weighted by molar-refractivity contribution is 5.95. The van der Waals surface area contributed by atoms with E-state index in [2.05, 4.69) is 20.5 Å². The maximum atomic E-state index is 14.4. The molecule has 2 aliphatic rings. The van der Waals surface area contributed by atoms with E-state index in [0.29, 0.717) is 60.6 Å². The number of rotatable bonds is 3. The van der Waals surface area contributed by atoms with Crippen molar-refractivity contribution in [3.8, 4) is 0 Å². The quantitative estimate of drug-likeness (QED) is 0.595. The fourth-order valence-corrected chi connectivity index (χ4v) is 4.42. The molecule has 2 atom stereocenters. The number of β-amino-alcohol motifs (C(OH)–C–C–N with tert-alkyl or cyclic N) is 1. The minimum atomic E-state index is -0.498. The van der Waals surface area contributed by atoms with Crippen LogP contribution in [0.3, 0.4) is 0 Å². The van der Waals surface area contributed by atoms with E-state index in [1.54, 1.807) is 11.0 Å². The molecule has 0 aliphatic carbocycles. The number of H-pyrrole nitrogens is 1. The van der Waals surface area contributed by atoms with E-state index < -0.39 is 17.7 Å². The third-order valence-corrected chi connectivity index (χ3v) is 5.94. The Morgan fingerprint density at radius 2 is 2.10 bits per heavy atom. The fourth-order valence-electron chi connectivity index (χ4n) is 4.42. The molecule has 2 saturated heterocycles. The summed E-state index contributed by atoms with van der Waals surface area (Å²) in [5.74, 6) is -0.341. The molecule has 3 N–H and O–H groups in total. The third kappa shape index (κ3) is 3.67. The first kappa shape index (κ1) is 19.7. The first-order chi connectivity index (χ1) is 15.0. The molecule has 10 heteroatoms. The summed E-state index contributed by atoms with van der Waals surface area (Å²) < 4.78 is 28.2. The van der Waals surface area contributed by atoms with Crippen molar-refractivity contribution in [2.24, 2.45) is 0 Å². The van der Waals surface area contributed by atoms with Crippen LogP contribution in [-0.4, -0.2) is 57.0 Å². The van der Waals surface area contributed by atoms with Crippen LogP contribution in [0.1, 0.15) is 30.9 Å². The zero-order valence-corrected chi connectivity index (χ0v) is 16.7. The van der Waals surface area contributed by atoms with Gasteiger partial charge in [0.1, 0.15) is 11.6 Å². The zero-order valence-electron chi connectivity index (χ0n) is 16.7. The number of aliphatic hydroxyl groups excluding tert-OH is 1. The lowest BCUT2D eigenvalue weighted by Gasteiger charge is -2.25. The number of aromatic amines is 1. The lowest BCUT2D eigenvalue weighted by molar-refractivity contribution is 0.176. The van der Waals surface area contributed by atoms with E-state index in [-0.39, 0.29) is 12.1 Å². The van der Waals surface area contributed by atoms with Crippen LogP contribution in [0, 0.1) is 11.6 Å². The lowest BCUT2D eigenvalue weighted by atomic mass is 10.0. The molecule has 0 bridgehead atoms. The van der Waals surface area contributed by atoms with Crippen LogP contribution in [0.15, 0.2) is 30.5 Å². The number of aromatic nitrogens is 3. The van der Waals surface area contributed by atoms with Gasteiger partial charge in [0.25, 0.3) is 0 Å². The van der Waals surface area contributed by atoms with Gasteiger partial charge in [0.05, 0.1) is 29.4 Å². The Balaban J connectivity index is 1.44. The molecule has 2 aromatic heterocycles. The topological polar surface area (TPSA) is 97.4 Å². The number of urea groups is 1. The Hall–Kier alpha value is -3.27. The van der Waals surface area contributed by atoms with Crippen LogP contribution in [0.4, 0.5) is 25.1 Å². The molecule has 1 aromatic carbocycles. The van der Waals surface area contributed by atoms with Gasteiger partial charge in [-0.3, -0.25) is 5.10 Å². The Labute approximate surface area is 176 Å². The smallest absolute Gasteiger partial charge is 0.321 e. The van der Waals surface area contributed by atoms with Crippen LogP contribution in [0.5, 0.6) is 0 Å². The van der Waals surface area contributed by atoms with E-state index in [9.17, 15) is 18.7 Å². The Bertz CT molecular complexity index is 1140. The highest BCUT2D eigenvalue weighted by atomic mass is 19.1. The van der Waals surface area contributed by atoms with Gasteiger partial charge in [-0.05, 0) is 43.5 Å². The number of carbonyl (C=O) groups excluding carboxylic acids is 1. The molecule has 8 nitrogen and oxygen atoms in total. The monoisotopic (exact) mass is 428 g/mol. The van der Waals surface area contributed by atoms with Gasteiger partial charge in [-0.15, -0.1) is 0 Å². The number of benzene rings is 1. The number of halogens is 2. The maximum Gasteiger partial charge on any atom is 0.321 e. The summed E-state index contributed by atoms with van der Waals surface area (Å²) in [4.78, 5) is 20.3. The summed E-state index contributed by atoms with van der Waals surface area (Å²) in [5, 5.41) is 20.4. The molecule has 3 aromatic rings. The van der Waals surface area contributed by atoms with Crippen molar-refractivity contribution in [2.45, 2.75) is 31.4 Å². The van der Waals surface area contributed by atoms with Gasteiger partial charge in [-0.2, -0.15) is 5.10 Å². The molecule has 0 saturated carbocycles. The first-order valence-electron chi connectivity index (χ1n) is 10.3. The molecule has 2 aliphatic heterocycles. The van der Waals surface area contributed by atoms with Gasteiger partial charge >= 0.3 is 6.03 Å². The second kappa shape index (κ2) is 7.77. The van der Waals surface area contributed by atoms with Gasteiger partial charge in [-0.25, -0.2) is 18.6 Å². The van der Waals surface area contributed by atoms with Crippen LogP contribution in [0.2, 0.25) is 0 Å². The van der Waals surface area contributed by atoms with E-state index in [4.69, 9.17) is 0 Å². The predicted octanol–water partition coefficient (Wildman–Crippen LogP) is 3.18. The molecular formula is C21H22F2N6O2. The van der Waals surface area contributed by atoms with E-state index in [1.165, 1.54) is 12.3 Å². The number of likely N-dealkylation sites (tertiary alicyclic amines) is 1. The number of fused-ring (bicyclic) bond motifs is 1. The lowest BCUT2D eigenvalue weighted by Crippen LogP contribution is -2.33. The number of nitrogens with zero attached hydrogens (tertiary/aromatic N) is 4. The van der Waals surface area contributed by atoms with Gasteiger partial charge in [0, 0.05) is 25.2 Å². The predicted molar refractivity (Wildman–Crippen MR) is 111 cm³/mol. The van der Waals surface area contributed by atoms with Crippen molar-refractivity contribution >= 4 is 28.6 Å². The van der Waals surface area contributed by atoms with Gasteiger partial charge in [0.15, 0.2) is 11.5 Å². The maximum absolute atomic E-state index is 14.4. The Morgan fingerprint density at radius 1 is 1.23 bits per heavy atom. The molecule has 0 spiro atoms. The number of anilines is 2. The molecule has 2 fully saturated rings. The Kier molecular flexibility index (Phi) is 4.93. The van der Waals surface area contributed by atoms with Crippen molar-refractivity contribution in [3.63, 3.8) is 0 Å². The molecule has 0 unspecified atom stereocenters. The minimum absolute atomic E-state index is 0.299. The Morgan fingerprint density at radius 3 is 2.90 bits per heavy atom. The van der Waals surface area contributed by atoms with E-state index >= 15 is 0 Å². The van der Waals surface area contributed by atoms with E-state index in [0.717, 1.165) is 18.6 Å². The normalized spacial score (nSPS) is 21.3. The summed E-state index contributed by atoms with van der Waals surface area (Å²) >= 11 is 0. The molecule has 31 heavy (non-hydrogen) atoms. The summed E-state index contributed by atoms with van der Waals surface area (Å²) in [6, 6.07) is 4.62. The van der Waals surface area contributed by atoms with Gasteiger partial charge in [0.2, 0.25) is 0 Å². The largest absolute Gasteiger partial charge is 0.391 e. The molecule has 4 heterocycles. The number of pyridine rings is 1. The van der Waals surface area contributed by atoms with Crippen LogP contribution in [-0.2, 0) is 0 Å². The average Bonchev–Trinajstić information content (AvgIpc) is 3.48. The van der Waals surface area contributed by atoms with Gasteiger partial charge < -0.3 is 20.2 Å². The zero-order chi connectivity index (χ0) is 21.5. The van der Waals surface area contributed by atoms with E-state index in [1.807, 2.05) is 4.90 Å². The van der Waals surface area contributed by atoms with Crippen molar-refractivity contribution in [2.75, 3.05) is 29.9 Å². The number of hydrogen-bond acceptors (Lipinski definition) is 5. The standard InChI is InChI=1S/C21H22F2N6O2/c22-12-3-4-17(23)15(8-12)18-2-1-6-29(18)20-16-9-13(10-24-19(16)26-27-20)25-21(31)28-7-5-14(30)11-28/h3-4,8-10,14,18,30H,1-2,5-7,11H2,(H,25,31)(H,24,26,27)/t14-,18+/m0/s1. The number of carbonyl (C=O) groups is 1. The summed E-state index contributed by atoms with van der Waals surface area (Å²) in [6.45, 7) is 1.43. The second-order valence-electron chi connectivity index (χ2n) is 8.00. The van der Waals surface area contributed by atoms with Crippen molar-refractivity contribution in [3.05, 3.63) is 47.7 Å². The number of aliphatic hydroxyl groups is 1. The summed E-state index contributed by atoms with van der Waals surface area (Å²) in [5.41, 5.74) is 1.34. The van der Waals surface area contributed by atoms with Crippen molar-refractivity contribution < 1.29 is 18.7 Å². The van der Waals surface area contributed by atoms with Crippen molar-refractivity contribution in [1.29, 1.82) is 0 Å². The second-order valence-corrected chi connectivity index (χ2v) is 8.00. The van der Waals surface area contributed by atoms with Crippen LogP contribution in [0.25, 0.3) is 11.0 Å². The van der Waals surface area contributed by atoms with Gasteiger partial charge in [-0.1, -0.05) is 0 Å². The molecule has 0 radical (unpaired) electrons. The summed E-state index contributed by atoms with van der Waals surface area (Å²) in [7, 11) is 0. The summed E-state index contributed by atoms with van der Waals surface area (Å²) in [6.07, 6.45) is 3.08. The van der Waals surface area contributed by atoms with Crippen LogP contribution < -0.4 is 10.2 Å². The molecular weight excluding hydrogens is 406 g/mol. The average molecular weight is 428 g/mol. The minimum Gasteiger partial charge on any atom is -0.391 e.